The number of rotatable bonds is 3. The summed E-state index contributed by atoms with van der Waals surface area (Å²) in [5.74, 6) is 0.789. The van der Waals surface area contributed by atoms with E-state index in [1.807, 2.05) is 29.2 Å². The molecule has 0 atom stereocenters. The molecule has 3 rings (SSSR count). The normalized spacial score (nSPS) is 15.1. The van der Waals surface area contributed by atoms with Crippen molar-refractivity contribution >= 4 is 42.4 Å². The fourth-order valence-corrected chi connectivity index (χ4v) is 4.42. The highest BCUT2D eigenvalue weighted by Crippen LogP contribution is 2.23. The predicted octanol–water partition coefficient (Wildman–Crippen LogP) is 3.63. The van der Waals surface area contributed by atoms with Gasteiger partial charge in [-0.2, -0.15) is 0 Å². The number of nitrogens with one attached hydrogen (secondary N) is 1. The van der Waals surface area contributed by atoms with E-state index < -0.39 is 8.07 Å². The Morgan fingerprint density at radius 3 is 2.50 bits per heavy atom. The number of nitrogens with zero attached hydrogens (tertiary/aromatic N) is 3. The lowest BCUT2D eigenvalue weighted by molar-refractivity contribution is 0.208. The van der Waals surface area contributed by atoms with E-state index in [0.29, 0.717) is 18.1 Å². The van der Waals surface area contributed by atoms with E-state index in [1.165, 1.54) is 5.19 Å². The fourth-order valence-electron chi connectivity index (χ4n) is 3.00. The maximum atomic E-state index is 12.6. The highest BCUT2D eigenvalue weighted by Gasteiger charge is 2.23. The van der Waals surface area contributed by atoms with Crippen LogP contribution in [-0.2, 0) is 0 Å². The number of hydrogen-bond donors (Lipinski definition) is 1. The summed E-state index contributed by atoms with van der Waals surface area (Å²) in [6.45, 7) is 9.64. The fraction of sp³-hybridized carbons (Fsp3) is 0.368. The topological polar surface area (TPSA) is 48.5 Å². The molecule has 1 aromatic carbocycles. The van der Waals surface area contributed by atoms with Crippen molar-refractivity contribution in [1.82, 2.24) is 9.88 Å². The van der Waals surface area contributed by atoms with Gasteiger partial charge in [-0.05, 0) is 24.3 Å². The number of aromatic nitrogens is 1. The largest absolute Gasteiger partial charge is 0.352 e. The molecule has 7 heteroatoms. The van der Waals surface area contributed by atoms with E-state index in [4.69, 9.17) is 11.6 Å². The van der Waals surface area contributed by atoms with Gasteiger partial charge in [0.05, 0.1) is 13.1 Å². The minimum Gasteiger partial charge on any atom is -0.352 e. The van der Waals surface area contributed by atoms with Gasteiger partial charge in [0.15, 0.2) is 0 Å². The molecule has 26 heavy (non-hydrogen) atoms. The van der Waals surface area contributed by atoms with Crippen LogP contribution in [0.3, 0.4) is 0 Å². The van der Waals surface area contributed by atoms with E-state index in [0.717, 1.165) is 24.6 Å². The van der Waals surface area contributed by atoms with Crippen molar-refractivity contribution < 1.29 is 4.79 Å². The number of hydrogen-bond acceptors (Lipinski definition) is 3. The first-order valence-electron chi connectivity index (χ1n) is 8.86. The lowest BCUT2D eigenvalue weighted by atomic mass is 10.3. The Bertz CT molecular complexity index is 785. The van der Waals surface area contributed by atoms with E-state index in [-0.39, 0.29) is 6.03 Å². The van der Waals surface area contributed by atoms with Crippen molar-refractivity contribution in [1.29, 1.82) is 0 Å². The number of carbonyl (C=O) groups is 1. The number of amides is 2. The van der Waals surface area contributed by atoms with Gasteiger partial charge in [0.2, 0.25) is 0 Å². The number of benzene rings is 1. The first kappa shape index (κ1) is 18.7. The molecule has 2 heterocycles. The molecule has 1 saturated heterocycles. The second kappa shape index (κ2) is 7.68. The minimum atomic E-state index is -1.40. The number of anilines is 2. The van der Waals surface area contributed by atoms with Crippen molar-refractivity contribution in [3.05, 3.63) is 47.6 Å². The number of urea groups is 1. The zero-order valence-electron chi connectivity index (χ0n) is 15.5. The van der Waals surface area contributed by atoms with Crippen molar-refractivity contribution in [2.45, 2.75) is 19.6 Å². The summed E-state index contributed by atoms with van der Waals surface area (Å²) in [7, 11) is -1.40. The molecule has 1 aromatic heterocycles. The first-order chi connectivity index (χ1) is 12.3. The molecule has 1 fully saturated rings. The van der Waals surface area contributed by atoms with Crippen LogP contribution < -0.4 is 15.4 Å². The summed E-state index contributed by atoms with van der Waals surface area (Å²) in [6.07, 6.45) is 1.74. The first-order valence-corrected chi connectivity index (χ1v) is 12.7. The smallest absolute Gasteiger partial charge is 0.321 e. The molecule has 0 saturated carbocycles. The molecule has 1 N–H and O–H groups in total. The predicted molar refractivity (Wildman–Crippen MR) is 111 cm³/mol. The number of piperazine rings is 1. The van der Waals surface area contributed by atoms with Crippen molar-refractivity contribution in [3.63, 3.8) is 0 Å². The Balaban J connectivity index is 1.60. The molecule has 5 nitrogen and oxygen atoms in total. The Hall–Kier alpha value is -2.05. The molecule has 2 aromatic rings. The molecular weight excluding hydrogens is 364 g/mol. The number of carbonyl (C=O) groups excluding carboxylic acids is 1. The summed E-state index contributed by atoms with van der Waals surface area (Å²) in [5.41, 5.74) is 0.866. The molecule has 2 amide bonds. The van der Waals surface area contributed by atoms with Gasteiger partial charge in [-0.25, -0.2) is 9.78 Å². The summed E-state index contributed by atoms with van der Waals surface area (Å²) in [4.78, 5) is 20.9. The van der Waals surface area contributed by atoms with E-state index >= 15 is 0 Å². The third kappa shape index (κ3) is 4.37. The Kier molecular flexibility index (Phi) is 5.53. The van der Waals surface area contributed by atoms with Gasteiger partial charge < -0.3 is 15.1 Å². The number of halogens is 1. The lowest BCUT2D eigenvalue weighted by Crippen LogP contribution is -2.50. The van der Waals surface area contributed by atoms with E-state index in [1.54, 1.807) is 6.20 Å². The van der Waals surface area contributed by atoms with Crippen molar-refractivity contribution in [3.8, 4) is 0 Å². The average Bonchev–Trinajstić information content (AvgIpc) is 2.62. The Morgan fingerprint density at radius 1 is 1.12 bits per heavy atom. The van der Waals surface area contributed by atoms with Crippen LogP contribution >= 0.6 is 11.6 Å². The number of pyridine rings is 1. The van der Waals surface area contributed by atoms with Gasteiger partial charge in [-0.1, -0.05) is 48.6 Å². The maximum absolute atomic E-state index is 12.6. The molecule has 0 spiro atoms. The lowest BCUT2D eigenvalue weighted by Gasteiger charge is -2.35. The third-order valence-corrected chi connectivity index (χ3v) is 6.92. The highest BCUT2D eigenvalue weighted by atomic mass is 35.5. The third-order valence-electron chi connectivity index (χ3n) is 4.59. The van der Waals surface area contributed by atoms with Crippen LogP contribution in [0.4, 0.5) is 16.3 Å². The van der Waals surface area contributed by atoms with Crippen LogP contribution in [0.2, 0.25) is 24.7 Å². The van der Waals surface area contributed by atoms with E-state index in [9.17, 15) is 4.79 Å². The monoisotopic (exact) mass is 388 g/mol. The molecular formula is C19H25ClN4OSi. The molecule has 1 aliphatic heterocycles. The second-order valence-corrected chi connectivity index (χ2v) is 13.0. The SMILES string of the molecule is C[Si](C)(C)c1cccc(NC(=O)N2CCN(c3ncccc3Cl)CC2)c1. The molecule has 138 valence electrons. The molecule has 0 unspecified atom stereocenters. The van der Waals surface area contributed by atoms with Gasteiger partial charge in [0.25, 0.3) is 0 Å². The molecule has 1 aliphatic rings. The van der Waals surface area contributed by atoms with Crippen LogP contribution in [0.25, 0.3) is 0 Å². The zero-order chi connectivity index (χ0) is 18.7. The van der Waals surface area contributed by atoms with Crippen LogP contribution in [0, 0.1) is 0 Å². The Morgan fingerprint density at radius 2 is 1.85 bits per heavy atom. The van der Waals surface area contributed by atoms with Crippen molar-refractivity contribution in [2.75, 3.05) is 36.4 Å². The average molecular weight is 389 g/mol. The standard InChI is InChI=1S/C19H25ClN4OSi/c1-26(2,3)16-7-4-6-15(14-16)22-19(25)24-12-10-23(11-13-24)18-17(20)8-5-9-21-18/h4-9,14H,10-13H2,1-3H3,(H,22,25). The molecule has 0 radical (unpaired) electrons. The summed E-state index contributed by atoms with van der Waals surface area (Å²) in [5, 5.41) is 5.02. The summed E-state index contributed by atoms with van der Waals surface area (Å²) < 4.78 is 0. The van der Waals surface area contributed by atoms with Crippen LogP contribution in [0.5, 0.6) is 0 Å². The van der Waals surface area contributed by atoms with Crippen LogP contribution in [-0.4, -0.2) is 50.2 Å². The van der Waals surface area contributed by atoms with E-state index in [2.05, 4.69) is 47.0 Å². The van der Waals surface area contributed by atoms with Gasteiger partial charge in [-0.3, -0.25) is 0 Å². The maximum Gasteiger partial charge on any atom is 0.321 e. The highest BCUT2D eigenvalue weighted by molar-refractivity contribution is 6.88. The summed E-state index contributed by atoms with van der Waals surface area (Å²) >= 11 is 6.22. The quantitative estimate of drug-likeness (QED) is 0.816. The Labute approximate surface area is 161 Å². The molecule has 0 aliphatic carbocycles. The van der Waals surface area contributed by atoms with Gasteiger partial charge in [0.1, 0.15) is 5.82 Å². The van der Waals surface area contributed by atoms with Gasteiger partial charge >= 0.3 is 6.03 Å². The summed E-state index contributed by atoms with van der Waals surface area (Å²) in [6, 6.07) is 11.8. The zero-order valence-corrected chi connectivity index (χ0v) is 17.3. The second-order valence-electron chi connectivity index (χ2n) is 7.54. The van der Waals surface area contributed by atoms with Gasteiger partial charge in [0, 0.05) is 38.1 Å². The van der Waals surface area contributed by atoms with Crippen LogP contribution in [0.15, 0.2) is 42.6 Å². The minimum absolute atomic E-state index is 0.0514. The van der Waals surface area contributed by atoms with Gasteiger partial charge in [-0.15, -0.1) is 0 Å². The van der Waals surface area contributed by atoms with Crippen LogP contribution in [0.1, 0.15) is 0 Å². The molecule has 0 bridgehead atoms. The van der Waals surface area contributed by atoms with Crippen molar-refractivity contribution in [2.24, 2.45) is 0 Å².